The molecule has 2 fully saturated rings. The quantitative estimate of drug-likeness (QED) is 0.575. The zero-order valence-corrected chi connectivity index (χ0v) is 13.2. The summed E-state index contributed by atoms with van der Waals surface area (Å²) in [6.07, 6.45) is 6.56. The number of carboxylic acid groups (broad SMARTS) is 1. The highest BCUT2D eigenvalue weighted by Gasteiger charge is 2.42. The first-order valence-corrected chi connectivity index (χ1v) is 8.73. The van der Waals surface area contributed by atoms with Crippen LogP contribution in [0.15, 0.2) is 0 Å². The van der Waals surface area contributed by atoms with E-state index in [1.807, 2.05) is 0 Å². The minimum absolute atomic E-state index is 0.110. The van der Waals surface area contributed by atoms with Crippen molar-refractivity contribution in [2.75, 3.05) is 0 Å². The monoisotopic (exact) mass is 314 g/mol. The van der Waals surface area contributed by atoms with E-state index in [2.05, 4.69) is 0 Å². The van der Waals surface area contributed by atoms with Gasteiger partial charge in [0.15, 0.2) is 0 Å². The van der Waals surface area contributed by atoms with Crippen LogP contribution < -0.4 is 0 Å². The molecule has 0 amide bonds. The second-order valence-corrected chi connectivity index (χ2v) is 7.27. The summed E-state index contributed by atoms with van der Waals surface area (Å²) in [7, 11) is 0. The topological polar surface area (TPSA) is 98.0 Å². The highest BCUT2D eigenvalue weighted by molar-refractivity contribution is 5.67. The second kappa shape index (κ2) is 8.27. The summed E-state index contributed by atoms with van der Waals surface area (Å²) in [6.45, 7) is 0. The number of hydrogen-bond acceptors (Lipinski definition) is 4. The Morgan fingerprint density at radius 2 is 1.68 bits per heavy atom. The molecule has 0 spiro atoms. The summed E-state index contributed by atoms with van der Waals surface area (Å²) in [4.78, 5) is 10.9. The molecular formula is C17H30O5. The van der Waals surface area contributed by atoms with Gasteiger partial charge in [-0.2, -0.15) is 0 Å². The Morgan fingerprint density at radius 3 is 2.32 bits per heavy atom. The number of carboxylic acids is 1. The van der Waals surface area contributed by atoms with Crippen LogP contribution in [0.4, 0.5) is 0 Å². The van der Waals surface area contributed by atoms with Gasteiger partial charge < -0.3 is 20.4 Å². The predicted octanol–water partition coefficient (Wildman–Crippen LogP) is 1.93. The van der Waals surface area contributed by atoms with E-state index in [-0.39, 0.29) is 24.9 Å². The van der Waals surface area contributed by atoms with Crippen molar-refractivity contribution in [2.24, 2.45) is 17.8 Å². The zero-order valence-electron chi connectivity index (χ0n) is 13.2. The molecule has 0 radical (unpaired) electrons. The Labute approximate surface area is 132 Å². The first kappa shape index (κ1) is 17.7. The van der Waals surface area contributed by atoms with E-state index in [1.165, 1.54) is 32.1 Å². The van der Waals surface area contributed by atoms with Gasteiger partial charge in [0.05, 0.1) is 24.7 Å². The lowest BCUT2D eigenvalue weighted by atomic mass is 9.82. The van der Waals surface area contributed by atoms with Crippen LogP contribution in [0.5, 0.6) is 0 Å². The zero-order chi connectivity index (χ0) is 16.1. The van der Waals surface area contributed by atoms with Crippen LogP contribution in [-0.2, 0) is 4.79 Å². The molecule has 1 unspecified atom stereocenters. The molecular weight excluding hydrogens is 284 g/mol. The molecule has 0 aromatic heterocycles. The fourth-order valence-electron chi connectivity index (χ4n) is 4.37. The molecule has 4 N–H and O–H groups in total. The lowest BCUT2D eigenvalue weighted by Crippen LogP contribution is -2.26. The summed E-state index contributed by atoms with van der Waals surface area (Å²) in [5.74, 6) is -0.940. The number of carbonyl (C=O) groups is 1. The van der Waals surface area contributed by atoms with Crippen LogP contribution in [0.3, 0.4) is 0 Å². The molecule has 2 aliphatic rings. The van der Waals surface area contributed by atoms with E-state index in [0.717, 1.165) is 6.42 Å². The highest BCUT2D eigenvalue weighted by atomic mass is 16.4. The number of rotatable bonds is 7. The molecule has 0 heterocycles. The second-order valence-electron chi connectivity index (χ2n) is 7.27. The van der Waals surface area contributed by atoms with Crippen molar-refractivity contribution < 1.29 is 25.2 Å². The van der Waals surface area contributed by atoms with Gasteiger partial charge in [-0.3, -0.25) is 4.79 Å². The minimum atomic E-state index is -0.939. The van der Waals surface area contributed by atoms with Crippen molar-refractivity contribution in [1.29, 1.82) is 0 Å². The van der Waals surface area contributed by atoms with E-state index in [0.29, 0.717) is 18.8 Å². The SMILES string of the molecule is O=C(O)C[C@@H]1[C@@H](CCC(O)CC2CCCCC2)[C@H](O)C[C@@H]1O. The minimum Gasteiger partial charge on any atom is -0.481 e. The van der Waals surface area contributed by atoms with Crippen molar-refractivity contribution in [1.82, 2.24) is 0 Å². The summed E-state index contributed by atoms with van der Waals surface area (Å²) < 4.78 is 0. The summed E-state index contributed by atoms with van der Waals surface area (Å²) in [5.41, 5.74) is 0. The smallest absolute Gasteiger partial charge is 0.303 e. The lowest BCUT2D eigenvalue weighted by molar-refractivity contribution is -0.139. The summed E-state index contributed by atoms with van der Waals surface area (Å²) in [5, 5.41) is 39.1. The molecule has 0 aromatic rings. The number of aliphatic carboxylic acids is 1. The molecule has 0 saturated heterocycles. The molecule has 5 nitrogen and oxygen atoms in total. The van der Waals surface area contributed by atoms with E-state index in [1.54, 1.807) is 0 Å². The van der Waals surface area contributed by atoms with Crippen molar-refractivity contribution in [2.45, 2.75) is 82.5 Å². The fourth-order valence-corrected chi connectivity index (χ4v) is 4.37. The maximum atomic E-state index is 10.9. The number of hydrogen-bond donors (Lipinski definition) is 4. The van der Waals surface area contributed by atoms with Gasteiger partial charge in [0.1, 0.15) is 0 Å². The van der Waals surface area contributed by atoms with Crippen molar-refractivity contribution in [3.8, 4) is 0 Å². The van der Waals surface area contributed by atoms with Gasteiger partial charge in [-0.25, -0.2) is 0 Å². The number of aliphatic hydroxyl groups excluding tert-OH is 3. The Hall–Kier alpha value is -0.650. The first-order valence-electron chi connectivity index (χ1n) is 8.73. The average Bonchev–Trinajstić information content (AvgIpc) is 2.71. The van der Waals surface area contributed by atoms with Crippen LogP contribution in [0.2, 0.25) is 0 Å². The van der Waals surface area contributed by atoms with E-state index in [9.17, 15) is 20.1 Å². The highest BCUT2D eigenvalue weighted by Crippen LogP contribution is 2.38. The van der Waals surface area contributed by atoms with Crippen LogP contribution in [0.25, 0.3) is 0 Å². The van der Waals surface area contributed by atoms with E-state index < -0.39 is 24.1 Å². The Balaban J connectivity index is 1.78. The van der Waals surface area contributed by atoms with Gasteiger partial charge in [-0.15, -0.1) is 0 Å². The molecule has 2 aliphatic carbocycles. The molecule has 2 saturated carbocycles. The third-order valence-electron chi connectivity index (χ3n) is 5.60. The molecule has 2 rings (SSSR count). The largest absolute Gasteiger partial charge is 0.481 e. The van der Waals surface area contributed by atoms with Gasteiger partial charge in [0.2, 0.25) is 0 Å². The van der Waals surface area contributed by atoms with Gasteiger partial charge >= 0.3 is 5.97 Å². The maximum absolute atomic E-state index is 10.9. The average molecular weight is 314 g/mol. The molecule has 5 heteroatoms. The normalized spacial score (nSPS) is 34.7. The molecule has 5 atom stereocenters. The Morgan fingerprint density at radius 1 is 1.05 bits per heavy atom. The fraction of sp³-hybridized carbons (Fsp3) is 0.941. The van der Waals surface area contributed by atoms with Crippen molar-refractivity contribution >= 4 is 5.97 Å². The van der Waals surface area contributed by atoms with Crippen LogP contribution in [-0.4, -0.2) is 44.7 Å². The number of aliphatic hydroxyl groups is 3. The van der Waals surface area contributed by atoms with E-state index in [4.69, 9.17) is 5.11 Å². The molecule has 0 aromatic carbocycles. The maximum Gasteiger partial charge on any atom is 0.303 e. The van der Waals surface area contributed by atoms with Gasteiger partial charge in [0.25, 0.3) is 0 Å². The third kappa shape index (κ3) is 4.93. The predicted molar refractivity (Wildman–Crippen MR) is 82.3 cm³/mol. The van der Waals surface area contributed by atoms with Crippen molar-refractivity contribution in [3.05, 3.63) is 0 Å². The first-order chi connectivity index (χ1) is 10.5. The molecule has 128 valence electrons. The van der Waals surface area contributed by atoms with Gasteiger partial charge in [-0.05, 0) is 37.5 Å². The molecule has 0 aliphatic heterocycles. The molecule has 0 bridgehead atoms. The van der Waals surface area contributed by atoms with Gasteiger partial charge in [0, 0.05) is 5.92 Å². The summed E-state index contributed by atoms with van der Waals surface area (Å²) in [6, 6.07) is 0. The Kier molecular flexibility index (Phi) is 6.66. The molecule has 22 heavy (non-hydrogen) atoms. The lowest BCUT2D eigenvalue weighted by Gasteiger charge is -2.26. The van der Waals surface area contributed by atoms with E-state index >= 15 is 0 Å². The van der Waals surface area contributed by atoms with Crippen LogP contribution >= 0.6 is 0 Å². The summed E-state index contributed by atoms with van der Waals surface area (Å²) >= 11 is 0. The van der Waals surface area contributed by atoms with Crippen LogP contribution in [0.1, 0.15) is 64.2 Å². The standard InChI is InChI=1S/C17H30O5/c18-12(8-11-4-2-1-3-5-11)6-7-13-14(9-17(21)22)16(20)10-15(13)19/h11-16,18-20H,1-10H2,(H,21,22)/t12?,13-,14-,15-,16+/m1/s1. The van der Waals surface area contributed by atoms with Crippen LogP contribution in [0, 0.1) is 17.8 Å². The Bertz CT molecular complexity index is 353. The van der Waals surface area contributed by atoms with Crippen molar-refractivity contribution in [3.63, 3.8) is 0 Å². The van der Waals surface area contributed by atoms with Gasteiger partial charge in [-0.1, -0.05) is 32.1 Å². The third-order valence-corrected chi connectivity index (χ3v) is 5.60.